The van der Waals surface area contributed by atoms with Crippen LogP contribution in [0.15, 0.2) is 358 Å². The van der Waals surface area contributed by atoms with Crippen LogP contribution in [0.4, 0.5) is 85.3 Å². The van der Waals surface area contributed by atoms with E-state index in [9.17, 15) is 0 Å². The van der Waals surface area contributed by atoms with Gasteiger partial charge >= 0.3 is 699 Å². The molecule has 0 unspecified atom stereocenters. The van der Waals surface area contributed by atoms with Gasteiger partial charge in [0.25, 0.3) is 0 Å². The van der Waals surface area contributed by atoms with Crippen molar-refractivity contribution in [3.63, 3.8) is 0 Å². The maximum atomic E-state index is 8.24. The summed E-state index contributed by atoms with van der Waals surface area (Å²) in [5, 5.41) is 13.3. The van der Waals surface area contributed by atoms with Gasteiger partial charge in [-0.3, -0.25) is 0 Å². The number of rotatable bonds is 9. The third-order valence-electron chi connectivity index (χ3n) is 24.4. The summed E-state index contributed by atoms with van der Waals surface area (Å²) in [7, 11) is 0. The summed E-state index contributed by atoms with van der Waals surface area (Å²) in [5.41, 5.74) is 24.7. The van der Waals surface area contributed by atoms with Gasteiger partial charge in [-0.25, -0.2) is 0 Å². The predicted octanol–water partition coefficient (Wildman–Crippen LogP) is 21.9. The van der Waals surface area contributed by atoms with Crippen LogP contribution in [-0.2, 0) is 0 Å². The van der Waals surface area contributed by atoms with E-state index >= 15 is 0 Å². The van der Waals surface area contributed by atoms with Gasteiger partial charge in [-0.2, -0.15) is 0 Å². The van der Waals surface area contributed by atoms with E-state index in [1.54, 1.807) is 0 Å². The summed E-state index contributed by atoms with van der Waals surface area (Å²) in [6.45, 7) is -0.453. The zero-order chi connectivity index (χ0) is 74.8. The standard InChI is InChI=1S/C102H59B2N5OSe5/c1-3-26-60(27-4-1)105(80-44-21-35-69-64-30-7-16-49-91(64)111-98(69)80)62-54-86-96-87(55-62)109(84-48-25-39-73-68-34-11-20-53-95(68)115-102(73)84)85-59-89-77(58-76(85)103(96)74-40-12-14-42-78(74)107(86)82-46-23-37-71-66-32-9-18-51-93(66)113-100(71)82)104-75-41-13-15-43-79(75)108(83-47-24-38-72-67-33-10-19-52-94(67)114-101(72)83)88-56-63(57-90(110-89)97(88)104)106(61-28-5-2-6-29-61)81-45-22-36-70-65-31-8-17-50-92(65)112-99(70)81/h1-59H. The third kappa shape index (κ3) is 9.60. The zero-order valence-electron chi connectivity index (χ0n) is 61.4. The van der Waals surface area contributed by atoms with Crippen LogP contribution in [0.1, 0.15) is 0 Å². The molecule has 0 atom stereocenters. The van der Waals surface area contributed by atoms with E-state index in [0.29, 0.717) is 0 Å². The summed E-state index contributed by atoms with van der Waals surface area (Å²) in [5.74, 6) is 1.72. The minimum atomic E-state index is -0.231. The predicted molar refractivity (Wildman–Crippen MR) is 495 cm³/mol. The summed E-state index contributed by atoms with van der Waals surface area (Å²) >= 11 is 0.150. The summed E-state index contributed by atoms with van der Waals surface area (Å²) in [4.78, 5) is 13.2. The molecule has 0 saturated heterocycles. The number of para-hydroxylation sites is 4. The first-order valence-electron chi connectivity index (χ1n) is 39.1. The molecule has 5 aromatic heterocycles. The van der Waals surface area contributed by atoms with Crippen molar-refractivity contribution in [1.29, 1.82) is 0 Å². The van der Waals surface area contributed by atoms with Crippen LogP contribution in [0, 0.1) is 0 Å². The van der Waals surface area contributed by atoms with Crippen LogP contribution < -0.4 is 62.0 Å². The second-order valence-electron chi connectivity index (χ2n) is 30.4. The van der Waals surface area contributed by atoms with Crippen molar-refractivity contribution in [1.82, 2.24) is 0 Å². The van der Waals surface area contributed by atoms with Gasteiger partial charge in [0.05, 0.1) is 0 Å². The second kappa shape index (κ2) is 25.4. The molecule has 17 aromatic carbocycles. The molecule has 0 saturated carbocycles. The Labute approximate surface area is 692 Å². The fourth-order valence-electron chi connectivity index (χ4n) is 19.7. The Balaban J connectivity index is 0.778. The minimum absolute atomic E-state index is 0.0282. The van der Waals surface area contributed by atoms with E-state index in [2.05, 4.69) is 382 Å². The summed E-state index contributed by atoms with van der Waals surface area (Å²) < 4.78 is 22.3. The first-order chi connectivity index (χ1) is 57.1. The first kappa shape index (κ1) is 65.6. The Kier molecular flexibility index (Phi) is 14.5. The topological polar surface area (TPSA) is 25.4 Å². The van der Waals surface area contributed by atoms with Crippen LogP contribution in [-0.4, -0.2) is 85.9 Å². The fourth-order valence-corrected chi connectivity index (χ4v) is 32.4. The Morgan fingerprint density at radius 2 is 0.530 bits per heavy atom. The third-order valence-corrected chi connectivity index (χ3v) is 37.1. The van der Waals surface area contributed by atoms with Gasteiger partial charge in [-0.05, 0) is 0 Å². The van der Waals surface area contributed by atoms with Crippen molar-refractivity contribution in [2.24, 2.45) is 0 Å². The molecule has 4 aliphatic heterocycles. The maximum absolute atomic E-state index is 8.24. The van der Waals surface area contributed by atoms with E-state index in [1.165, 1.54) is 169 Å². The molecule has 22 aromatic rings. The second-order valence-corrected chi connectivity index (χ2v) is 41.5. The molecule has 26 rings (SSSR count). The molecule has 0 fully saturated rings. The molecule has 9 heterocycles. The summed E-state index contributed by atoms with van der Waals surface area (Å²) in [6.07, 6.45) is 0. The molecule has 0 radical (unpaired) electrons. The van der Waals surface area contributed by atoms with Crippen molar-refractivity contribution >= 4 is 300 Å². The average Bonchev–Trinajstić information content (AvgIpc) is 1.34. The van der Waals surface area contributed by atoms with Gasteiger partial charge in [-0.1, -0.05) is 0 Å². The monoisotopic (exact) mass is 1790 g/mol. The molecule has 0 bridgehead atoms. The average molecular weight is 1790 g/mol. The first-order valence-corrected chi connectivity index (χ1v) is 47.6. The van der Waals surface area contributed by atoms with Gasteiger partial charge in [0.15, 0.2) is 0 Å². The van der Waals surface area contributed by atoms with Crippen LogP contribution in [0.3, 0.4) is 0 Å². The number of hydrogen-bond acceptors (Lipinski definition) is 6. The van der Waals surface area contributed by atoms with Crippen molar-refractivity contribution in [2.45, 2.75) is 0 Å². The molecule has 0 N–H and O–H groups in total. The van der Waals surface area contributed by atoms with Crippen molar-refractivity contribution in [3.8, 4) is 11.5 Å². The van der Waals surface area contributed by atoms with Crippen molar-refractivity contribution in [3.05, 3.63) is 358 Å². The van der Waals surface area contributed by atoms with E-state index in [4.69, 9.17) is 4.74 Å². The number of hydrogen-bond donors (Lipinski definition) is 0. The van der Waals surface area contributed by atoms with Crippen LogP contribution in [0.25, 0.3) is 96.5 Å². The van der Waals surface area contributed by atoms with Gasteiger partial charge in [-0.15, -0.1) is 0 Å². The molecule has 534 valence electrons. The molecule has 0 spiro atoms. The fraction of sp³-hybridized carbons (Fsp3) is 0. The molecule has 0 amide bonds. The molecule has 115 heavy (non-hydrogen) atoms. The van der Waals surface area contributed by atoms with Crippen molar-refractivity contribution in [2.75, 3.05) is 24.5 Å². The molecule has 0 aliphatic carbocycles. The number of fused-ring (bicyclic) bond motifs is 23. The van der Waals surface area contributed by atoms with Gasteiger partial charge in [0.2, 0.25) is 0 Å². The van der Waals surface area contributed by atoms with Gasteiger partial charge in [0, 0.05) is 0 Å². The molecular weight excluding hydrogens is 1730 g/mol. The Morgan fingerprint density at radius 3 is 0.965 bits per heavy atom. The van der Waals surface area contributed by atoms with Crippen LogP contribution in [0.2, 0.25) is 0 Å². The van der Waals surface area contributed by atoms with Gasteiger partial charge in [0.1, 0.15) is 0 Å². The molecule has 4 aliphatic rings. The van der Waals surface area contributed by atoms with E-state index in [1.807, 2.05) is 0 Å². The molecular formula is C102H59B2N5OSe5. The Bertz CT molecular complexity index is 7940. The quantitative estimate of drug-likeness (QED) is 0.134. The molecule has 6 nitrogen and oxygen atoms in total. The number of ether oxygens (including phenoxy) is 1. The molecule has 13 heteroatoms. The van der Waals surface area contributed by atoms with E-state index < -0.39 is 0 Å². The number of benzene rings is 17. The summed E-state index contributed by atoms with van der Waals surface area (Å²) in [6, 6.07) is 137. The van der Waals surface area contributed by atoms with Crippen LogP contribution in [0.5, 0.6) is 11.5 Å². The SMILES string of the molecule is c1ccc(N(c2cc3c4c(c2)N(c2cccc5c2[se]c2ccccc25)c2ccccc2B4c2cc4c(cc2O3)N(c2cccc3c2[se]c2ccccc23)c2cc(N(c3ccccc3)c3cccc5c3[se]c3ccccc35)cc3c2B4c2ccccc2N3c2cccc3c2[se]c2ccccc23)c2cccc3c2[se]c2ccccc23)cc1. The Morgan fingerprint density at radius 1 is 0.209 bits per heavy atom. The normalized spacial score (nSPS) is 13.2. The zero-order valence-corrected chi connectivity index (χ0v) is 70.0. The van der Waals surface area contributed by atoms with E-state index in [-0.39, 0.29) is 85.9 Å². The van der Waals surface area contributed by atoms with Crippen LogP contribution >= 0.6 is 0 Å². The van der Waals surface area contributed by atoms with Gasteiger partial charge < -0.3 is 0 Å². The van der Waals surface area contributed by atoms with Crippen molar-refractivity contribution < 1.29 is 4.74 Å². The number of anilines is 15. The Hall–Kier alpha value is -11.7. The number of nitrogens with zero attached hydrogens (tertiary/aromatic N) is 5. The van der Waals surface area contributed by atoms with E-state index in [0.717, 1.165) is 56.8 Å².